The van der Waals surface area contributed by atoms with Crippen LogP contribution in [-0.2, 0) is 4.79 Å². The molecule has 0 aliphatic heterocycles. The monoisotopic (exact) mass is 367 g/mol. The van der Waals surface area contributed by atoms with E-state index in [1.54, 1.807) is 0 Å². The molecule has 7 unspecified atom stereocenters. The zero-order valence-corrected chi connectivity index (χ0v) is 18.4. The third kappa shape index (κ3) is 8.70. The van der Waals surface area contributed by atoms with Gasteiger partial charge in [-0.2, -0.15) is 0 Å². The van der Waals surface area contributed by atoms with Crippen molar-refractivity contribution in [1.82, 2.24) is 5.32 Å². The lowest BCUT2D eigenvalue weighted by molar-refractivity contribution is -0.124. The molecule has 0 spiro atoms. The number of nitrogens with one attached hydrogen (secondary N) is 1. The van der Waals surface area contributed by atoms with Crippen LogP contribution in [0.5, 0.6) is 0 Å². The van der Waals surface area contributed by atoms with Crippen LogP contribution in [-0.4, -0.2) is 23.2 Å². The molecule has 0 aromatic carbocycles. The molecule has 0 heterocycles. The van der Waals surface area contributed by atoms with Crippen LogP contribution in [0.2, 0.25) is 0 Å². The van der Waals surface area contributed by atoms with Crippen molar-refractivity contribution in [3.8, 4) is 0 Å². The fourth-order valence-electron chi connectivity index (χ4n) is 3.61. The summed E-state index contributed by atoms with van der Waals surface area (Å²) in [6, 6.07) is -0.157. The van der Waals surface area contributed by atoms with Gasteiger partial charge in [-0.25, -0.2) is 0 Å². The molecule has 0 aliphatic carbocycles. The minimum absolute atomic E-state index is 0.0800. The Hall–Kier alpha value is -0.830. The molecule has 1 amide bonds. The number of hydrogen-bond donors (Lipinski definition) is 2. The lowest BCUT2D eigenvalue weighted by Gasteiger charge is -2.32. The van der Waals surface area contributed by atoms with Crippen molar-refractivity contribution < 1.29 is 9.90 Å². The molecule has 26 heavy (non-hydrogen) atoms. The Morgan fingerprint density at radius 1 is 1.04 bits per heavy atom. The number of aliphatic hydroxyl groups is 1. The number of carbonyl (C=O) groups excluding carboxylic acids is 1. The highest BCUT2D eigenvalue weighted by molar-refractivity contribution is 5.76. The van der Waals surface area contributed by atoms with Crippen LogP contribution in [0.3, 0.4) is 0 Å². The van der Waals surface area contributed by atoms with Crippen LogP contribution in [0.4, 0.5) is 0 Å². The topological polar surface area (TPSA) is 49.3 Å². The van der Waals surface area contributed by atoms with Gasteiger partial charge in [-0.3, -0.25) is 4.79 Å². The molecule has 7 atom stereocenters. The first kappa shape index (κ1) is 25.2. The van der Waals surface area contributed by atoms with Crippen LogP contribution in [0, 0.1) is 29.6 Å². The molecule has 0 aromatic rings. The van der Waals surface area contributed by atoms with Gasteiger partial charge in [-0.15, -0.1) is 6.58 Å². The van der Waals surface area contributed by atoms with Gasteiger partial charge in [0, 0.05) is 6.42 Å². The van der Waals surface area contributed by atoms with E-state index in [4.69, 9.17) is 0 Å². The van der Waals surface area contributed by atoms with Crippen LogP contribution in [0.25, 0.3) is 0 Å². The van der Waals surface area contributed by atoms with Gasteiger partial charge in [0.2, 0.25) is 5.91 Å². The van der Waals surface area contributed by atoms with E-state index < -0.39 is 6.10 Å². The highest BCUT2D eigenvalue weighted by Gasteiger charge is 2.29. The van der Waals surface area contributed by atoms with Crippen LogP contribution < -0.4 is 5.32 Å². The Bertz CT molecular complexity index is 396. The smallest absolute Gasteiger partial charge is 0.220 e. The third-order valence-corrected chi connectivity index (χ3v) is 6.55. The van der Waals surface area contributed by atoms with Gasteiger partial charge in [0.1, 0.15) is 0 Å². The summed E-state index contributed by atoms with van der Waals surface area (Å²) in [4.78, 5) is 12.6. The number of unbranched alkanes of at least 4 members (excludes halogenated alkanes) is 1. The van der Waals surface area contributed by atoms with Crippen LogP contribution in [0.15, 0.2) is 12.7 Å². The number of hydrogen-bond acceptors (Lipinski definition) is 2. The van der Waals surface area contributed by atoms with Crippen molar-refractivity contribution in [2.45, 2.75) is 99.1 Å². The summed E-state index contributed by atoms with van der Waals surface area (Å²) in [5.74, 6) is 2.07. The average molecular weight is 368 g/mol. The van der Waals surface area contributed by atoms with Crippen molar-refractivity contribution in [2.75, 3.05) is 0 Å². The fourth-order valence-corrected chi connectivity index (χ4v) is 3.61. The molecule has 0 rings (SSSR count). The van der Waals surface area contributed by atoms with E-state index in [1.807, 2.05) is 6.08 Å². The molecular weight excluding hydrogens is 322 g/mol. The van der Waals surface area contributed by atoms with Gasteiger partial charge < -0.3 is 10.4 Å². The summed E-state index contributed by atoms with van der Waals surface area (Å²) in [6.07, 6.45) is 6.88. The summed E-state index contributed by atoms with van der Waals surface area (Å²) in [7, 11) is 0. The molecule has 0 saturated carbocycles. The fraction of sp³-hybridized carbons (Fsp3) is 0.870. The number of carbonyl (C=O) groups is 1. The first-order valence-corrected chi connectivity index (χ1v) is 10.8. The molecule has 3 heteroatoms. The van der Waals surface area contributed by atoms with Gasteiger partial charge in [0.05, 0.1) is 12.1 Å². The van der Waals surface area contributed by atoms with Crippen molar-refractivity contribution in [2.24, 2.45) is 29.6 Å². The molecule has 0 fully saturated rings. The SMILES string of the molecule is C=CCC(C)C(C)C(O)C(CCCC)NC(=O)CC(C)C(C)C(C)CC. The van der Waals surface area contributed by atoms with E-state index >= 15 is 0 Å². The molecular formula is C23H45NO2. The number of rotatable bonds is 14. The maximum atomic E-state index is 12.6. The predicted molar refractivity (Wildman–Crippen MR) is 113 cm³/mol. The Balaban J connectivity index is 4.87. The Labute approximate surface area is 163 Å². The minimum atomic E-state index is -0.511. The first-order chi connectivity index (χ1) is 12.2. The molecule has 154 valence electrons. The van der Waals surface area contributed by atoms with Crippen molar-refractivity contribution in [1.29, 1.82) is 0 Å². The number of allylic oxidation sites excluding steroid dienone is 1. The zero-order chi connectivity index (χ0) is 20.3. The quantitative estimate of drug-likeness (QED) is 0.394. The summed E-state index contributed by atoms with van der Waals surface area (Å²) < 4.78 is 0. The minimum Gasteiger partial charge on any atom is -0.391 e. The number of amides is 1. The van der Waals surface area contributed by atoms with E-state index in [1.165, 1.54) is 0 Å². The van der Waals surface area contributed by atoms with Crippen molar-refractivity contribution >= 4 is 5.91 Å². The third-order valence-electron chi connectivity index (χ3n) is 6.55. The lowest BCUT2D eigenvalue weighted by Crippen LogP contribution is -2.47. The molecule has 0 saturated heterocycles. The molecule has 0 radical (unpaired) electrons. The van der Waals surface area contributed by atoms with Crippen LogP contribution >= 0.6 is 0 Å². The van der Waals surface area contributed by atoms with Gasteiger partial charge in [-0.05, 0) is 42.4 Å². The van der Waals surface area contributed by atoms with E-state index in [2.05, 4.69) is 60.4 Å². The van der Waals surface area contributed by atoms with Gasteiger partial charge >= 0.3 is 0 Å². The Morgan fingerprint density at radius 2 is 1.65 bits per heavy atom. The van der Waals surface area contributed by atoms with Crippen LogP contribution in [0.1, 0.15) is 87.0 Å². The van der Waals surface area contributed by atoms with E-state index in [-0.39, 0.29) is 17.9 Å². The number of aliphatic hydroxyl groups excluding tert-OH is 1. The van der Waals surface area contributed by atoms with Gasteiger partial charge in [0.15, 0.2) is 0 Å². The molecule has 0 bridgehead atoms. The molecule has 2 N–H and O–H groups in total. The van der Waals surface area contributed by atoms with E-state index in [9.17, 15) is 9.90 Å². The molecule has 0 aromatic heterocycles. The normalized spacial score (nSPS) is 19.7. The summed E-state index contributed by atoms with van der Waals surface area (Å²) in [6.45, 7) is 19.1. The summed E-state index contributed by atoms with van der Waals surface area (Å²) in [5.41, 5.74) is 0. The second kappa shape index (κ2) is 13.4. The van der Waals surface area contributed by atoms with E-state index in [0.29, 0.717) is 30.1 Å². The molecule has 0 aliphatic rings. The van der Waals surface area contributed by atoms with Gasteiger partial charge in [-0.1, -0.05) is 73.8 Å². The average Bonchev–Trinajstić information content (AvgIpc) is 2.62. The first-order valence-electron chi connectivity index (χ1n) is 10.8. The standard InChI is InChI=1S/C23H45NO2/c1-9-12-14-21(23(26)20(8)17(5)13-10-2)24-22(25)15-18(6)19(7)16(4)11-3/h10,16-21,23,26H,2,9,11-15H2,1,3-8H3,(H,24,25). The van der Waals surface area contributed by atoms with Crippen molar-refractivity contribution in [3.05, 3.63) is 12.7 Å². The van der Waals surface area contributed by atoms with E-state index in [0.717, 1.165) is 32.1 Å². The summed E-state index contributed by atoms with van der Waals surface area (Å²) in [5, 5.41) is 14.0. The zero-order valence-electron chi connectivity index (χ0n) is 18.4. The second-order valence-corrected chi connectivity index (χ2v) is 8.59. The Morgan fingerprint density at radius 3 is 2.15 bits per heavy atom. The summed E-state index contributed by atoms with van der Waals surface area (Å²) >= 11 is 0. The lowest BCUT2D eigenvalue weighted by atomic mass is 9.81. The predicted octanol–water partition coefficient (Wildman–Crippen LogP) is 5.58. The highest BCUT2D eigenvalue weighted by atomic mass is 16.3. The highest BCUT2D eigenvalue weighted by Crippen LogP contribution is 2.26. The molecule has 3 nitrogen and oxygen atoms in total. The van der Waals surface area contributed by atoms with Gasteiger partial charge in [0.25, 0.3) is 0 Å². The maximum absolute atomic E-state index is 12.6. The maximum Gasteiger partial charge on any atom is 0.220 e. The largest absolute Gasteiger partial charge is 0.391 e. The van der Waals surface area contributed by atoms with Crippen molar-refractivity contribution in [3.63, 3.8) is 0 Å². The second-order valence-electron chi connectivity index (χ2n) is 8.59. The Kier molecular flexibility index (Phi) is 12.9.